The fourth-order valence-electron chi connectivity index (χ4n) is 3.94. The molecule has 3 aromatic rings. The van der Waals surface area contributed by atoms with Crippen molar-refractivity contribution in [2.75, 3.05) is 32.5 Å². The third-order valence-electron chi connectivity index (χ3n) is 5.62. The molecule has 1 saturated heterocycles. The van der Waals surface area contributed by atoms with Crippen LogP contribution in [0.3, 0.4) is 0 Å². The lowest BCUT2D eigenvalue weighted by Gasteiger charge is -2.31. The van der Waals surface area contributed by atoms with Crippen molar-refractivity contribution in [3.8, 4) is 17.3 Å². The largest absolute Gasteiger partial charge is 0.383 e. The summed E-state index contributed by atoms with van der Waals surface area (Å²) in [6.07, 6.45) is 6.76. The number of fused-ring (bicyclic) bond motifs is 1. The van der Waals surface area contributed by atoms with E-state index < -0.39 is 0 Å². The molecule has 0 radical (unpaired) electrons. The van der Waals surface area contributed by atoms with Gasteiger partial charge in [0.15, 0.2) is 5.65 Å². The van der Waals surface area contributed by atoms with Gasteiger partial charge in [0, 0.05) is 38.5 Å². The van der Waals surface area contributed by atoms with Crippen molar-refractivity contribution in [2.24, 2.45) is 5.92 Å². The molecule has 1 fully saturated rings. The molecule has 1 amide bonds. The highest BCUT2D eigenvalue weighted by molar-refractivity contribution is 5.98. The van der Waals surface area contributed by atoms with Crippen LogP contribution < -0.4 is 5.73 Å². The first-order valence-corrected chi connectivity index (χ1v) is 10.2. The molecule has 162 valence electrons. The molecule has 0 atom stereocenters. The van der Waals surface area contributed by atoms with Gasteiger partial charge in [-0.15, -0.1) is 0 Å². The van der Waals surface area contributed by atoms with Gasteiger partial charge in [0.1, 0.15) is 24.3 Å². The Morgan fingerprint density at radius 3 is 2.90 bits per heavy atom. The van der Waals surface area contributed by atoms with Gasteiger partial charge >= 0.3 is 0 Å². The fourth-order valence-corrected chi connectivity index (χ4v) is 3.94. The highest BCUT2D eigenvalue weighted by Crippen LogP contribution is 2.31. The second-order valence-electron chi connectivity index (χ2n) is 7.63. The van der Waals surface area contributed by atoms with Crippen LogP contribution in [-0.2, 0) is 22.6 Å². The molecule has 11 nitrogen and oxygen atoms in total. The van der Waals surface area contributed by atoms with Crippen LogP contribution in [0.1, 0.15) is 19.3 Å². The summed E-state index contributed by atoms with van der Waals surface area (Å²) in [6, 6.07) is 1.93. The fraction of sp³-hybridized carbons (Fsp3) is 0.500. The van der Waals surface area contributed by atoms with E-state index in [9.17, 15) is 4.79 Å². The predicted octanol–water partition coefficient (Wildman–Crippen LogP) is 1.07. The number of carbonyl (C=O) groups excluding carboxylic acids is 1. The monoisotopic (exact) mass is 423 g/mol. The zero-order valence-electron chi connectivity index (χ0n) is 17.4. The molecule has 31 heavy (non-hydrogen) atoms. The van der Waals surface area contributed by atoms with Crippen molar-refractivity contribution >= 4 is 22.8 Å². The molecular weight excluding hydrogens is 398 g/mol. The zero-order valence-corrected chi connectivity index (χ0v) is 17.4. The van der Waals surface area contributed by atoms with Crippen LogP contribution in [0.2, 0.25) is 0 Å². The summed E-state index contributed by atoms with van der Waals surface area (Å²) in [4.78, 5) is 22.3. The average molecular weight is 423 g/mol. The number of likely N-dealkylation sites (tertiary alicyclic amines) is 1. The summed E-state index contributed by atoms with van der Waals surface area (Å²) in [5, 5.41) is 18.6. The van der Waals surface area contributed by atoms with Gasteiger partial charge in [-0.2, -0.15) is 15.5 Å². The normalized spacial score (nSPS) is 14.8. The van der Waals surface area contributed by atoms with E-state index in [4.69, 9.17) is 20.8 Å². The lowest BCUT2D eigenvalue weighted by Crippen LogP contribution is -2.39. The number of nitrogen functional groups attached to an aromatic ring is 1. The third-order valence-corrected chi connectivity index (χ3v) is 5.62. The number of methoxy groups -OCH3 is 1. The minimum atomic E-state index is -0.0984. The van der Waals surface area contributed by atoms with Gasteiger partial charge in [-0.25, -0.2) is 14.6 Å². The summed E-state index contributed by atoms with van der Waals surface area (Å²) >= 11 is 0. The Bertz CT molecular complexity index is 1110. The molecule has 3 aromatic heterocycles. The van der Waals surface area contributed by atoms with E-state index in [1.807, 2.05) is 16.9 Å². The smallest absolute Gasteiger partial charge is 0.236 e. The number of aromatic nitrogens is 6. The molecule has 1 aliphatic rings. The van der Waals surface area contributed by atoms with Crippen LogP contribution >= 0.6 is 0 Å². The quantitative estimate of drug-likeness (QED) is 0.595. The van der Waals surface area contributed by atoms with E-state index in [1.54, 1.807) is 22.9 Å². The Balaban J connectivity index is 1.56. The van der Waals surface area contributed by atoms with Gasteiger partial charge in [-0.3, -0.25) is 9.48 Å². The second-order valence-corrected chi connectivity index (χ2v) is 7.63. The molecule has 0 saturated carbocycles. The molecule has 0 bridgehead atoms. The van der Waals surface area contributed by atoms with Gasteiger partial charge < -0.3 is 15.4 Å². The van der Waals surface area contributed by atoms with E-state index in [0.29, 0.717) is 55.9 Å². The van der Waals surface area contributed by atoms with Crippen molar-refractivity contribution in [1.82, 2.24) is 34.4 Å². The van der Waals surface area contributed by atoms with Gasteiger partial charge in [0.25, 0.3) is 0 Å². The Kier molecular flexibility index (Phi) is 6.08. The molecule has 0 spiro atoms. The van der Waals surface area contributed by atoms with Gasteiger partial charge in [-0.1, -0.05) is 0 Å². The Labute approximate surface area is 179 Å². The van der Waals surface area contributed by atoms with E-state index in [2.05, 4.69) is 15.1 Å². The van der Waals surface area contributed by atoms with E-state index in [0.717, 1.165) is 23.8 Å². The number of nitrogens with two attached hydrogens (primary N) is 1. The van der Waals surface area contributed by atoms with Crippen LogP contribution in [0.15, 0.2) is 18.7 Å². The molecule has 0 unspecified atom stereocenters. The summed E-state index contributed by atoms with van der Waals surface area (Å²) < 4.78 is 8.80. The third kappa shape index (κ3) is 4.34. The second kappa shape index (κ2) is 9.09. The van der Waals surface area contributed by atoms with Crippen LogP contribution in [-0.4, -0.2) is 67.1 Å². The van der Waals surface area contributed by atoms with Gasteiger partial charge in [0.2, 0.25) is 5.91 Å². The SMILES string of the molecule is COCCn1cc(-c2nn(CC3CCN(C(=O)CC#N)CC3)c3ncnc(N)c23)cn1. The van der Waals surface area contributed by atoms with E-state index in [-0.39, 0.29) is 12.3 Å². The van der Waals surface area contributed by atoms with Crippen molar-refractivity contribution in [2.45, 2.75) is 32.4 Å². The van der Waals surface area contributed by atoms with E-state index >= 15 is 0 Å². The van der Waals surface area contributed by atoms with Crippen LogP contribution in [0, 0.1) is 17.2 Å². The summed E-state index contributed by atoms with van der Waals surface area (Å²) in [5.41, 5.74) is 8.43. The predicted molar refractivity (Wildman–Crippen MR) is 112 cm³/mol. The first-order valence-electron chi connectivity index (χ1n) is 10.2. The van der Waals surface area contributed by atoms with Gasteiger partial charge in [-0.05, 0) is 18.8 Å². The number of anilines is 1. The average Bonchev–Trinajstić information content (AvgIpc) is 3.39. The topological polar surface area (TPSA) is 141 Å². The summed E-state index contributed by atoms with van der Waals surface area (Å²) in [6.45, 7) is 3.19. The lowest BCUT2D eigenvalue weighted by molar-refractivity contribution is -0.131. The van der Waals surface area contributed by atoms with Crippen molar-refractivity contribution in [3.63, 3.8) is 0 Å². The molecule has 1 aliphatic heterocycles. The number of carbonyl (C=O) groups is 1. The van der Waals surface area contributed by atoms with E-state index in [1.165, 1.54) is 6.33 Å². The first kappa shape index (κ1) is 20.7. The zero-order chi connectivity index (χ0) is 21.8. The van der Waals surface area contributed by atoms with Crippen molar-refractivity contribution in [3.05, 3.63) is 18.7 Å². The maximum Gasteiger partial charge on any atom is 0.236 e. The summed E-state index contributed by atoms with van der Waals surface area (Å²) in [5.74, 6) is 0.634. The highest BCUT2D eigenvalue weighted by Gasteiger charge is 2.25. The minimum absolute atomic E-state index is 0.0634. The first-order chi connectivity index (χ1) is 15.1. The number of hydrogen-bond donors (Lipinski definition) is 1. The number of nitrogens with zero attached hydrogens (tertiary/aromatic N) is 8. The number of piperidine rings is 1. The van der Waals surface area contributed by atoms with Crippen molar-refractivity contribution < 1.29 is 9.53 Å². The molecule has 0 aliphatic carbocycles. The molecule has 2 N–H and O–H groups in total. The van der Waals surface area contributed by atoms with Crippen LogP contribution in [0.5, 0.6) is 0 Å². The summed E-state index contributed by atoms with van der Waals surface area (Å²) in [7, 11) is 1.65. The standard InChI is InChI=1S/C20H25N9O2/c1-31-9-8-28-12-15(10-25-28)18-17-19(22)23-13-24-20(17)29(26-18)11-14-3-6-27(7-4-14)16(30)2-5-21/h10,12-14H,2-4,6-9,11H2,1H3,(H2,22,23,24). The minimum Gasteiger partial charge on any atom is -0.383 e. The molecule has 4 heterocycles. The number of rotatable bonds is 7. The Morgan fingerprint density at radius 1 is 1.35 bits per heavy atom. The highest BCUT2D eigenvalue weighted by atomic mass is 16.5. The number of amides is 1. The van der Waals surface area contributed by atoms with Crippen LogP contribution in [0.4, 0.5) is 5.82 Å². The maximum atomic E-state index is 11.9. The molecule has 0 aromatic carbocycles. The van der Waals surface area contributed by atoms with Gasteiger partial charge in [0.05, 0.1) is 30.8 Å². The van der Waals surface area contributed by atoms with Crippen LogP contribution in [0.25, 0.3) is 22.3 Å². The Hall–Kier alpha value is -3.52. The van der Waals surface area contributed by atoms with Crippen molar-refractivity contribution in [1.29, 1.82) is 5.26 Å². The Morgan fingerprint density at radius 2 is 2.16 bits per heavy atom. The number of nitriles is 1. The maximum absolute atomic E-state index is 11.9. The number of hydrogen-bond acceptors (Lipinski definition) is 8. The molecular formula is C20H25N9O2. The molecule has 4 rings (SSSR count). The number of ether oxygens (including phenoxy) is 1. The lowest BCUT2D eigenvalue weighted by atomic mass is 9.96. The molecule has 11 heteroatoms.